The maximum atomic E-state index is 5.94. The number of hydrogen-bond acceptors (Lipinski definition) is 2. The molecule has 0 saturated carbocycles. The average Bonchev–Trinajstić information content (AvgIpc) is 2.46. The number of pyridine rings is 1. The summed E-state index contributed by atoms with van der Waals surface area (Å²) < 4.78 is 5.60. The number of alkyl halides is 1. The van der Waals surface area contributed by atoms with Crippen molar-refractivity contribution >= 4 is 23.2 Å². The van der Waals surface area contributed by atoms with Crippen molar-refractivity contribution in [1.82, 2.24) is 4.98 Å². The quantitative estimate of drug-likeness (QED) is 0.579. The van der Waals surface area contributed by atoms with Gasteiger partial charge in [-0.1, -0.05) is 41.9 Å². The van der Waals surface area contributed by atoms with Crippen LogP contribution in [0.4, 0.5) is 0 Å². The predicted molar refractivity (Wildman–Crippen MR) is 79.1 cm³/mol. The first-order valence-electron chi connectivity index (χ1n) is 6.16. The SMILES string of the molecule is ClCc1cc(OCCCc2ccccc2)ncc1Cl. The molecule has 0 bridgehead atoms. The molecule has 0 N–H and O–H groups in total. The smallest absolute Gasteiger partial charge is 0.213 e. The van der Waals surface area contributed by atoms with E-state index in [1.807, 2.05) is 18.2 Å². The van der Waals surface area contributed by atoms with Crippen LogP contribution < -0.4 is 4.74 Å². The second-order valence-corrected chi connectivity index (χ2v) is 4.86. The number of nitrogens with zero attached hydrogens (tertiary/aromatic N) is 1. The van der Waals surface area contributed by atoms with Crippen LogP contribution in [0, 0.1) is 0 Å². The minimum absolute atomic E-state index is 0.363. The first-order valence-corrected chi connectivity index (χ1v) is 7.08. The fourth-order valence-corrected chi connectivity index (χ4v) is 2.20. The van der Waals surface area contributed by atoms with Crippen LogP contribution in [0.15, 0.2) is 42.6 Å². The second kappa shape index (κ2) is 7.37. The van der Waals surface area contributed by atoms with Crippen molar-refractivity contribution in [3.05, 3.63) is 58.7 Å². The summed E-state index contributed by atoms with van der Waals surface area (Å²) in [6.45, 7) is 0.630. The van der Waals surface area contributed by atoms with Crippen molar-refractivity contribution in [2.45, 2.75) is 18.7 Å². The molecule has 2 rings (SSSR count). The first-order chi connectivity index (χ1) is 9.29. The molecule has 1 aromatic heterocycles. The summed E-state index contributed by atoms with van der Waals surface area (Å²) in [6.07, 6.45) is 3.52. The Labute approximate surface area is 123 Å². The van der Waals surface area contributed by atoms with E-state index in [-0.39, 0.29) is 0 Å². The number of rotatable bonds is 6. The number of benzene rings is 1. The standard InChI is InChI=1S/C15H15Cl2NO/c16-10-13-9-15(18-11-14(13)17)19-8-4-7-12-5-2-1-3-6-12/h1-3,5-6,9,11H,4,7-8,10H2. The molecule has 4 heteroatoms. The third kappa shape index (κ3) is 4.41. The van der Waals surface area contributed by atoms with E-state index in [2.05, 4.69) is 17.1 Å². The van der Waals surface area contributed by atoms with Crippen LogP contribution in [0.1, 0.15) is 17.5 Å². The van der Waals surface area contributed by atoms with Crippen molar-refractivity contribution < 1.29 is 4.74 Å². The van der Waals surface area contributed by atoms with E-state index < -0.39 is 0 Å². The normalized spacial score (nSPS) is 10.4. The molecule has 2 nitrogen and oxygen atoms in total. The van der Waals surface area contributed by atoms with Crippen molar-refractivity contribution in [3.8, 4) is 5.88 Å². The monoisotopic (exact) mass is 295 g/mol. The summed E-state index contributed by atoms with van der Waals surface area (Å²) in [5.74, 6) is 0.940. The second-order valence-electron chi connectivity index (χ2n) is 4.19. The van der Waals surface area contributed by atoms with E-state index in [1.165, 1.54) is 5.56 Å². The van der Waals surface area contributed by atoms with Gasteiger partial charge in [0.1, 0.15) is 0 Å². The fraction of sp³-hybridized carbons (Fsp3) is 0.267. The molecule has 0 unspecified atom stereocenters. The molecule has 2 aromatic rings. The first kappa shape index (κ1) is 14.2. The van der Waals surface area contributed by atoms with Crippen molar-refractivity contribution in [3.63, 3.8) is 0 Å². The van der Waals surface area contributed by atoms with Gasteiger partial charge in [-0.05, 0) is 24.0 Å². The molecule has 0 aliphatic heterocycles. The maximum Gasteiger partial charge on any atom is 0.213 e. The van der Waals surface area contributed by atoms with Gasteiger partial charge in [0.15, 0.2) is 0 Å². The molecule has 0 saturated heterocycles. The van der Waals surface area contributed by atoms with Gasteiger partial charge in [0, 0.05) is 18.1 Å². The Morgan fingerprint density at radius 3 is 2.68 bits per heavy atom. The average molecular weight is 296 g/mol. The van der Waals surface area contributed by atoms with Crippen molar-refractivity contribution in [1.29, 1.82) is 0 Å². The Morgan fingerprint density at radius 2 is 1.95 bits per heavy atom. The van der Waals surface area contributed by atoms with E-state index in [1.54, 1.807) is 12.3 Å². The molecule has 0 spiro atoms. The summed E-state index contributed by atoms with van der Waals surface area (Å²) in [5, 5.41) is 0.576. The van der Waals surface area contributed by atoms with Crippen LogP contribution in [-0.2, 0) is 12.3 Å². The Hall–Kier alpha value is -1.25. The third-order valence-corrected chi connectivity index (χ3v) is 3.38. The van der Waals surface area contributed by atoms with Gasteiger partial charge in [0.25, 0.3) is 0 Å². The zero-order chi connectivity index (χ0) is 13.5. The molecule has 19 heavy (non-hydrogen) atoms. The lowest BCUT2D eigenvalue weighted by atomic mass is 10.1. The third-order valence-electron chi connectivity index (χ3n) is 2.76. The van der Waals surface area contributed by atoms with Gasteiger partial charge in [-0.2, -0.15) is 0 Å². The molecular weight excluding hydrogens is 281 g/mol. The highest BCUT2D eigenvalue weighted by Crippen LogP contribution is 2.21. The molecule has 1 heterocycles. The van der Waals surface area contributed by atoms with Gasteiger partial charge in [0.2, 0.25) is 5.88 Å². The number of halogens is 2. The summed E-state index contributed by atoms with van der Waals surface area (Å²) in [7, 11) is 0. The molecule has 0 fully saturated rings. The highest BCUT2D eigenvalue weighted by atomic mass is 35.5. The lowest BCUT2D eigenvalue weighted by Crippen LogP contribution is -2.01. The van der Waals surface area contributed by atoms with Gasteiger partial charge < -0.3 is 4.74 Å². The zero-order valence-corrected chi connectivity index (χ0v) is 12.0. The minimum atomic E-state index is 0.363. The van der Waals surface area contributed by atoms with E-state index in [9.17, 15) is 0 Å². The number of hydrogen-bond donors (Lipinski definition) is 0. The molecular formula is C15H15Cl2NO. The highest BCUT2D eigenvalue weighted by Gasteiger charge is 2.03. The van der Waals surface area contributed by atoms with Gasteiger partial charge >= 0.3 is 0 Å². The Morgan fingerprint density at radius 1 is 1.16 bits per heavy atom. The molecule has 100 valence electrons. The molecule has 0 radical (unpaired) electrons. The largest absolute Gasteiger partial charge is 0.478 e. The van der Waals surface area contributed by atoms with Crippen LogP contribution in [0.2, 0.25) is 5.02 Å². The Kier molecular flexibility index (Phi) is 5.49. The molecule has 0 aliphatic rings. The van der Waals surface area contributed by atoms with Crippen LogP contribution >= 0.6 is 23.2 Å². The van der Waals surface area contributed by atoms with E-state index >= 15 is 0 Å². The topological polar surface area (TPSA) is 22.1 Å². The lowest BCUT2D eigenvalue weighted by Gasteiger charge is -2.07. The summed E-state index contributed by atoms with van der Waals surface area (Å²) in [4.78, 5) is 4.12. The molecule has 0 aliphatic carbocycles. The fourth-order valence-electron chi connectivity index (χ4n) is 1.74. The predicted octanol–water partition coefficient (Wildman–Crippen LogP) is 4.49. The zero-order valence-electron chi connectivity index (χ0n) is 10.5. The van der Waals surface area contributed by atoms with E-state index in [4.69, 9.17) is 27.9 Å². The number of ether oxygens (including phenoxy) is 1. The highest BCUT2D eigenvalue weighted by molar-refractivity contribution is 6.32. The maximum absolute atomic E-state index is 5.94. The van der Waals surface area contributed by atoms with Gasteiger partial charge in [-0.25, -0.2) is 4.98 Å². The van der Waals surface area contributed by atoms with Gasteiger partial charge in [0.05, 0.1) is 11.6 Å². The van der Waals surface area contributed by atoms with Gasteiger partial charge in [-0.3, -0.25) is 0 Å². The minimum Gasteiger partial charge on any atom is -0.478 e. The van der Waals surface area contributed by atoms with Crippen molar-refractivity contribution in [2.75, 3.05) is 6.61 Å². The summed E-state index contributed by atoms with van der Waals surface area (Å²) >= 11 is 11.7. The van der Waals surface area contributed by atoms with Crippen molar-refractivity contribution in [2.24, 2.45) is 0 Å². The summed E-state index contributed by atoms with van der Waals surface area (Å²) in [5.41, 5.74) is 2.16. The van der Waals surface area contributed by atoms with Crippen LogP contribution in [0.3, 0.4) is 0 Å². The summed E-state index contributed by atoms with van der Waals surface area (Å²) in [6, 6.07) is 12.1. The number of aromatic nitrogens is 1. The Balaban J connectivity index is 1.80. The van der Waals surface area contributed by atoms with Crippen LogP contribution in [0.25, 0.3) is 0 Å². The number of aryl methyl sites for hydroxylation is 1. The lowest BCUT2D eigenvalue weighted by molar-refractivity contribution is 0.299. The molecule has 0 amide bonds. The van der Waals surface area contributed by atoms with Crippen LogP contribution in [0.5, 0.6) is 5.88 Å². The van der Waals surface area contributed by atoms with E-state index in [0.29, 0.717) is 23.4 Å². The van der Waals surface area contributed by atoms with Gasteiger partial charge in [-0.15, -0.1) is 11.6 Å². The molecule has 1 aromatic carbocycles. The van der Waals surface area contributed by atoms with Crippen LogP contribution in [-0.4, -0.2) is 11.6 Å². The molecule has 0 atom stereocenters. The Bertz CT molecular complexity index is 517. The van der Waals surface area contributed by atoms with E-state index in [0.717, 1.165) is 18.4 Å².